The molecule has 6 saturated heterocycles. The number of nitrogens with zero attached hydrogens (tertiary/aromatic N) is 7. The number of nitro benzene ring substituents is 2. The molecule has 0 saturated carbocycles. The molecule has 28 nitrogen and oxygen atoms in total. The number of nitrogens with one attached hydrogen (secondary N) is 1. The fourth-order valence-electron chi connectivity index (χ4n) is 12.9. The van der Waals surface area contributed by atoms with E-state index in [9.17, 15) is 68.8 Å². The van der Waals surface area contributed by atoms with Gasteiger partial charge in [-0.05, 0) is 135 Å². The molecule has 2 aromatic carbocycles. The summed E-state index contributed by atoms with van der Waals surface area (Å²) < 4.78 is 22.1. The number of piperidine rings is 2. The van der Waals surface area contributed by atoms with E-state index in [0.717, 1.165) is 90.4 Å². The molecule has 10 atom stereocenters. The Hall–Kier alpha value is -5.97. The Morgan fingerprint density at radius 3 is 1.29 bits per heavy atom. The third kappa shape index (κ3) is 20.1. The third-order valence-corrected chi connectivity index (χ3v) is 20.3. The number of non-ortho nitro benzene ring substituents is 2. The zero-order chi connectivity index (χ0) is 67.1. The molecule has 0 aromatic heterocycles. The predicted molar refractivity (Wildman–Crippen MR) is 336 cm³/mol. The largest absolute Gasteiger partial charge is 1.00 e. The fraction of sp³-hybridized carbons (Fsp3) is 0.590. The van der Waals surface area contributed by atoms with E-state index < -0.39 is 69.7 Å². The van der Waals surface area contributed by atoms with Gasteiger partial charge in [-0.3, -0.25) is 45.7 Å². The molecule has 8 aliphatic rings. The Labute approximate surface area is 570 Å². The Kier molecular flexibility index (Phi) is 31.4. The monoisotopic (exact) mass is 1340 g/mol. The second-order valence-corrected chi connectivity index (χ2v) is 26.4. The molecular formula is C61H81BN8NaO20S2. The molecule has 32 heteroatoms. The number of fused-ring (bicyclic) bond motifs is 2. The molecule has 6 fully saturated rings. The molecule has 0 unspecified atom stereocenters. The van der Waals surface area contributed by atoms with Crippen LogP contribution < -0.4 is 34.9 Å². The number of aliphatic hydroxyl groups excluding tert-OH is 2. The molecule has 0 aliphatic carbocycles. The Balaban J connectivity index is 0.000000332. The van der Waals surface area contributed by atoms with Gasteiger partial charge in [-0.15, -0.1) is 23.5 Å². The van der Waals surface area contributed by atoms with Crippen molar-refractivity contribution in [1.82, 2.24) is 29.8 Å². The first-order valence-corrected chi connectivity index (χ1v) is 31.9. The van der Waals surface area contributed by atoms with Gasteiger partial charge in [0, 0.05) is 96.4 Å². The zero-order valence-corrected chi connectivity index (χ0v) is 57.4. The SMILES string of the molecule is CC(=O)OC(C)=O.C[C-]=O.C[C@@H](O)[C@H]1C(=O)N2C(C(=O)OC(=O)c3ccc([N+](=O)[O-])cc3)=C(S[C@@H]3CCN(CC4CCN(C)CC4)C3)[C@H](C)[C@H]12.C[C@@H](O)[C@H]1C(=O)N2C(C(=O)OC(=O)c3ccc([N+](=O)[O-])cc3)=C(S[C@@H]3CCN(CC4CCNCC4)C3)[C@H](C)[C@H]12.O.[B]=O.[Na+]. The number of esters is 6. The van der Waals surface area contributed by atoms with Crippen LogP contribution in [0.2, 0.25) is 0 Å². The van der Waals surface area contributed by atoms with Crippen molar-refractivity contribution in [2.24, 2.45) is 35.5 Å². The Bertz CT molecular complexity index is 3080. The second-order valence-electron chi connectivity index (χ2n) is 23.7. The van der Waals surface area contributed by atoms with Gasteiger partial charge in [0.2, 0.25) is 11.8 Å². The van der Waals surface area contributed by atoms with Gasteiger partial charge in [0.05, 0.1) is 57.1 Å². The minimum atomic E-state index is -0.947. The molecule has 10 rings (SSSR count). The number of nitro groups is 2. The summed E-state index contributed by atoms with van der Waals surface area (Å²) in [5, 5.41) is 46.2. The standard InChI is InChI=1S/C28H36N4O7S.C27H34N4O7S.C4H6O3.C2H3O.BO.Na.H2O/c1-16-23-22(17(2)33)26(34)31(23)24(28(36)39-27(35)19-4-6-20(7-5-19)32(37)38)25(16)40-21-10-13-30(15-21)14-18-8-11-29(3)12-9-18;1-15-22-21(16(2)32)25(33)30(22)23(27(35)38-26(34)18-3-5-19(6-4-18)31(36)37)24(15)39-20-9-12-29(14-20)13-17-7-10-28-11-8-17;1-3(5)7-4(2)6;1-2-3;1-2;;/h4-7,16-18,21-23,33H,8-15H2,1-3H3;3-6,15-17,20-22,28,32H,7-14H2,1-2H3;1-2H3;1H3;;;1H2/q;;;-1;;+1;/t16-,17-,21-,22-,23-;15-,16-,20-,21-,22-;;;;;/m11...../s1. The van der Waals surface area contributed by atoms with Crippen LogP contribution in [0.3, 0.4) is 0 Å². The Morgan fingerprint density at radius 2 is 0.978 bits per heavy atom. The molecule has 93 heavy (non-hydrogen) atoms. The van der Waals surface area contributed by atoms with E-state index in [4.69, 9.17) is 19.0 Å². The van der Waals surface area contributed by atoms with Gasteiger partial charge in [-0.2, -0.15) is 6.92 Å². The summed E-state index contributed by atoms with van der Waals surface area (Å²) in [4.78, 5) is 139. The van der Waals surface area contributed by atoms with Gasteiger partial charge in [-0.25, -0.2) is 19.2 Å². The third-order valence-electron chi connectivity index (χ3n) is 17.3. The van der Waals surface area contributed by atoms with Crippen LogP contribution in [0.15, 0.2) is 69.7 Å². The van der Waals surface area contributed by atoms with Gasteiger partial charge in [0.25, 0.3) is 11.4 Å². The summed E-state index contributed by atoms with van der Waals surface area (Å²) >= 11 is 3.16. The normalized spacial score (nSPS) is 24.8. The molecule has 501 valence electrons. The number of rotatable bonds is 16. The number of ether oxygens (including phenoxy) is 3. The number of amides is 2. The number of benzene rings is 2. The molecule has 2 aromatic rings. The van der Waals surface area contributed by atoms with Crippen LogP contribution >= 0.6 is 23.5 Å². The first kappa shape index (κ1) is 79.5. The van der Waals surface area contributed by atoms with Gasteiger partial charge in [0.1, 0.15) is 11.4 Å². The van der Waals surface area contributed by atoms with E-state index in [1.807, 2.05) is 13.8 Å². The van der Waals surface area contributed by atoms with Crippen molar-refractivity contribution in [1.29, 1.82) is 0 Å². The number of hydrogen-bond donors (Lipinski definition) is 3. The first-order valence-electron chi connectivity index (χ1n) is 30.2. The van der Waals surface area contributed by atoms with Gasteiger partial charge >= 0.3 is 77.8 Å². The van der Waals surface area contributed by atoms with Crippen molar-refractivity contribution in [3.05, 3.63) is 101 Å². The summed E-state index contributed by atoms with van der Waals surface area (Å²) in [5.41, 5.74) is -0.234. The van der Waals surface area contributed by atoms with E-state index in [1.165, 1.54) is 98.9 Å². The van der Waals surface area contributed by atoms with Gasteiger partial charge < -0.3 is 64.5 Å². The van der Waals surface area contributed by atoms with Gasteiger partial charge in [0.15, 0.2) is 0 Å². The maximum absolute atomic E-state index is 13.4. The van der Waals surface area contributed by atoms with Crippen LogP contribution in [0.25, 0.3) is 0 Å². The average Bonchev–Trinajstić information content (AvgIpc) is 1.58. The minimum absolute atomic E-state index is 0. The van der Waals surface area contributed by atoms with Crippen molar-refractivity contribution in [3.8, 4) is 0 Å². The summed E-state index contributed by atoms with van der Waals surface area (Å²) in [7, 11) is 5.41. The van der Waals surface area contributed by atoms with Crippen LogP contribution in [0.1, 0.15) is 108 Å². The van der Waals surface area contributed by atoms with E-state index in [1.54, 1.807) is 37.4 Å². The smallest absolute Gasteiger partial charge is 1.00 e. The van der Waals surface area contributed by atoms with E-state index in [0.29, 0.717) is 21.6 Å². The second kappa shape index (κ2) is 36.8. The number of β-lactam (4-membered cyclic amide) rings is 2. The van der Waals surface area contributed by atoms with Crippen molar-refractivity contribution >= 4 is 96.5 Å². The summed E-state index contributed by atoms with van der Waals surface area (Å²) in [6.45, 7) is 20.9. The quantitative estimate of drug-likeness (QED) is 0.0302. The molecule has 0 spiro atoms. The van der Waals surface area contributed by atoms with Crippen molar-refractivity contribution in [3.63, 3.8) is 0 Å². The van der Waals surface area contributed by atoms with Crippen LogP contribution in [0.5, 0.6) is 0 Å². The average molecular weight is 1340 g/mol. The maximum Gasteiger partial charge on any atom is 1.00 e. The predicted octanol–water partition coefficient (Wildman–Crippen LogP) is 0.543. The minimum Gasteiger partial charge on any atom is 1.00 e. The van der Waals surface area contributed by atoms with Crippen LogP contribution in [0, 0.1) is 55.7 Å². The van der Waals surface area contributed by atoms with E-state index in [2.05, 4.69) is 39.5 Å². The summed E-state index contributed by atoms with van der Waals surface area (Å²) in [5.74, 6) is -5.82. The van der Waals surface area contributed by atoms with Gasteiger partial charge in [-0.1, -0.05) is 13.8 Å². The molecular weight excluding hydrogens is 1260 g/mol. The molecule has 0 bridgehead atoms. The van der Waals surface area contributed by atoms with Crippen LogP contribution in [0.4, 0.5) is 11.4 Å². The number of carbonyl (C=O) groups is 8. The molecule has 2 amide bonds. The zero-order valence-electron chi connectivity index (χ0n) is 53.7. The van der Waals surface area contributed by atoms with Crippen molar-refractivity contribution < 1.29 is 117 Å². The fourth-order valence-corrected chi connectivity index (χ4v) is 15.9. The molecule has 8 heterocycles. The van der Waals surface area contributed by atoms with Crippen molar-refractivity contribution in [2.45, 2.75) is 122 Å². The van der Waals surface area contributed by atoms with Crippen molar-refractivity contribution in [2.75, 3.05) is 72.5 Å². The number of likely N-dealkylation sites (tertiary alicyclic amines) is 3. The van der Waals surface area contributed by atoms with Crippen LogP contribution in [-0.4, -0.2) is 219 Å². The Morgan fingerprint density at radius 1 is 0.634 bits per heavy atom. The molecule has 8 aliphatic heterocycles. The number of thioether (sulfide) groups is 2. The maximum atomic E-state index is 13.4. The topological polar surface area (TPSA) is 385 Å². The molecule has 1 radical (unpaired) electrons. The number of hydrogen-bond acceptors (Lipinski definition) is 25. The molecule has 5 N–H and O–H groups in total. The summed E-state index contributed by atoms with van der Waals surface area (Å²) in [6, 6.07) is 8.83. The summed E-state index contributed by atoms with van der Waals surface area (Å²) in [6.07, 6.45) is 6.43. The number of carbonyl (C=O) groups excluding carboxylic acids is 9. The van der Waals surface area contributed by atoms with E-state index >= 15 is 0 Å². The van der Waals surface area contributed by atoms with E-state index in [-0.39, 0.29) is 115 Å². The van der Waals surface area contributed by atoms with Crippen LogP contribution in [-0.2, 0) is 52.5 Å². The first-order chi connectivity index (χ1) is 43.2. The number of aliphatic hydroxyl groups is 2.